The molecule has 2 N–H and O–H groups in total. The predicted octanol–water partition coefficient (Wildman–Crippen LogP) is -0.505. The quantitative estimate of drug-likeness (QED) is 0.278. The molecule has 1 amide bonds. The van der Waals surface area contributed by atoms with Crippen molar-refractivity contribution in [2.75, 3.05) is 0 Å². The molecule has 0 rings (SSSR count). The van der Waals surface area contributed by atoms with Gasteiger partial charge in [0.05, 0.1) is 5.57 Å². The van der Waals surface area contributed by atoms with Crippen LogP contribution in [0.1, 0.15) is 26.7 Å². The first-order valence-electron chi connectivity index (χ1n) is 5.01. The first-order chi connectivity index (χ1) is 7.84. The van der Waals surface area contributed by atoms with Crippen LogP contribution in [0.5, 0.6) is 0 Å². The highest BCUT2D eigenvalue weighted by molar-refractivity contribution is 6.52. The molecule has 6 heteroatoms. The molecule has 0 fully saturated rings. The van der Waals surface area contributed by atoms with Crippen LogP contribution in [0.4, 0.5) is 0 Å². The summed E-state index contributed by atoms with van der Waals surface area (Å²) in [6.45, 7) is 2.88. The number of Topliss-reactive ketones (excluding diaryl/α,β-unsaturated/α-hetero) is 3. The van der Waals surface area contributed by atoms with Crippen molar-refractivity contribution in [3.63, 3.8) is 0 Å². The van der Waals surface area contributed by atoms with Crippen molar-refractivity contribution < 1.29 is 24.0 Å². The van der Waals surface area contributed by atoms with Gasteiger partial charge in [0, 0.05) is 18.9 Å². The second-order valence-corrected chi connectivity index (χ2v) is 3.17. The van der Waals surface area contributed by atoms with E-state index < -0.39 is 34.6 Å². The minimum absolute atomic E-state index is 0.0582. The lowest BCUT2D eigenvalue weighted by atomic mass is 10.0. The molecule has 6 nitrogen and oxygen atoms in total. The summed E-state index contributed by atoms with van der Waals surface area (Å²) in [5, 5.41) is 0. The number of ketones is 4. The molecule has 0 aromatic rings. The van der Waals surface area contributed by atoms with Crippen molar-refractivity contribution in [2.24, 2.45) is 5.73 Å². The molecule has 0 spiro atoms. The number of carbonyl (C=O) groups excluding carboxylic acids is 5. The molecule has 0 aliphatic carbocycles. The van der Waals surface area contributed by atoms with E-state index in [2.05, 4.69) is 0 Å². The zero-order chi connectivity index (χ0) is 13.6. The third kappa shape index (κ3) is 4.10. The van der Waals surface area contributed by atoms with Gasteiger partial charge in [-0.2, -0.15) is 0 Å². The van der Waals surface area contributed by atoms with Gasteiger partial charge in [0.1, 0.15) is 0 Å². The highest BCUT2D eigenvalue weighted by Crippen LogP contribution is 2.01. The van der Waals surface area contributed by atoms with E-state index in [-0.39, 0.29) is 12.8 Å². The van der Waals surface area contributed by atoms with Gasteiger partial charge in [0.15, 0.2) is 0 Å². The summed E-state index contributed by atoms with van der Waals surface area (Å²) in [5.74, 6) is -4.96. The lowest BCUT2D eigenvalue weighted by Gasteiger charge is -1.99. The molecule has 0 aliphatic heterocycles. The molecule has 92 valence electrons. The number of primary amides is 1. The Morgan fingerprint density at radius 2 is 1.41 bits per heavy atom. The molecule has 0 aliphatic rings. The van der Waals surface area contributed by atoms with Gasteiger partial charge in [-0.1, -0.05) is 13.8 Å². The second-order valence-electron chi connectivity index (χ2n) is 3.17. The molecule has 17 heavy (non-hydrogen) atoms. The molecule has 0 aromatic heterocycles. The van der Waals surface area contributed by atoms with Crippen LogP contribution in [0.2, 0.25) is 0 Å². The van der Waals surface area contributed by atoms with E-state index in [4.69, 9.17) is 5.73 Å². The minimum atomic E-state index is -1.20. The number of hydrogen-bond acceptors (Lipinski definition) is 5. The Morgan fingerprint density at radius 3 is 1.76 bits per heavy atom. The maximum Gasteiger partial charge on any atom is 0.252 e. The summed E-state index contributed by atoms with van der Waals surface area (Å²) >= 11 is 0. The fraction of sp³-hybridized carbons (Fsp3) is 0.364. The predicted molar refractivity (Wildman–Crippen MR) is 57.9 cm³/mol. The summed E-state index contributed by atoms with van der Waals surface area (Å²) in [6.07, 6.45) is 0.362. The maximum atomic E-state index is 11.4. The summed E-state index contributed by atoms with van der Waals surface area (Å²) in [4.78, 5) is 55.6. The van der Waals surface area contributed by atoms with Crippen LogP contribution in [0.15, 0.2) is 11.6 Å². The molecule has 0 radical (unpaired) electrons. The number of hydrogen-bond donors (Lipinski definition) is 1. The fourth-order valence-electron chi connectivity index (χ4n) is 0.945. The van der Waals surface area contributed by atoms with Crippen molar-refractivity contribution >= 4 is 29.0 Å². The van der Waals surface area contributed by atoms with E-state index in [1.807, 2.05) is 0 Å². The SMILES string of the molecule is CCC(=O)C(=O)C=C(C(N)=O)C(=O)C(=O)CC. The minimum Gasteiger partial charge on any atom is -0.365 e. The number of carbonyl (C=O) groups is 5. The Morgan fingerprint density at radius 1 is 0.941 bits per heavy atom. The van der Waals surface area contributed by atoms with Crippen molar-refractivity contribution in [3.8, 4) is 0 Å². The lowest BCUT2D eigenvalue weighted by molar-refractivity contribution is -0.136. The van der Waals surface area contributed by atoms with Crippen LogP contribution in [0, 0.1) is 0 Å². The van der Waals surface area contributed by atoms with E-state index in [1.165, 1.54) is 13.8 Å². The van der Waals surface area contributed by atoms with Crippen molar-refractivity contribution in [2.45, 2.75) is 26.7 Å². The van der Waals surface area contributed by atoms with Gasteiger partial charge in [-0.3, -0.25) is 24.0 Å². The number of allylic oxidation sites excluding steroid dienone is 1. The van der Waals surface area contributed by atoms with E-state index in [0.29, 0.717) is 6.08 Å². The Labute approximate surface area is 97.8 Å². The van der Waals surface area contributed by atoms with Crippen molar-refractivity contribution in [3.05, 3.63) is 11.6 Å². The molecule has 0 saturated heterocycles. The fourth-order valence-corrected chi connectivity index (χ4v) is 0.945. The van der Waals surface area contributed by atoms with Crippen LogP contribution in [-0.2, 0) is 24.0 Å². The first-order valence-corrected chi connectivity index (χ1v) is 5.01. The number of amides is 1. The van der Waals surface area contributed by atoms with Crippen LogP contribution in [0.25, 0.3) is 0 Å². The zero-order valence-corrected chi connectivity index (χ0v) is 9.61. The van der Waals surface area contributed by atoms with Crippen molar-refractivity contribution in [1.29, 1.82) is 0 Å². The highest BCUT2D eigenvalue weighted by atomic mass is 16.2. The molecule has 0 saturated carbocycles. The van der Waals surface area contributed by atoms with Crippen LogP contribution in [-0.4, -0.2) is 29.0 Å². The molecule has 0 unspecified atom stereocenters. The normalized spacial score (nSPS) is 10.8. The third-order valence-electron chi connectivity index (χ3n) is 1.96. The molecule has 0 aromatic carbocycles. The van der Waals surface area contributed by atoms with Gasteiger partial charge in [0.2, 0.25) is 23.1 Å². The second kappa shape index (κ2) is 6.47. The number of rotatable bonds is 7. The summed E-state index contributed by atoms with van der Waals surface area (Å²) in [7, 11) is 0. The first kappa shape index (κ1) is 14.9. The van der Waals surface area contributed by atoms with Gasteiger partial charge >= 0.3 is 0 Å². The molecule has 0 heterocycles. The molecular weight excluding hydrogens is 226 g/mol. The Kier molecular flexibility index (Phi) is 5.66. The van der Waals surface area contributed by atoms with Gasteiger partial charge in [-0.05, 0) is 0 Å². The average molecular weight is 239 g/mol. The van der Waals surface area contributed by atoms with Crippen LogP contribution in [0.3, 0.4) is 0 Å². The number of nitrogens with two attached hydrogens (primary N) is 1. The van der Waals surface area contributed by atoms with E-state index in [9.17, 15) is 24.0 Å². The monoisotopic (exact) mass is 239 g/mol. The van der Waals surface area contributed by atoms with Gasteiger partial charge < -0.3 is 5.73 Å². The molecular formula is C11H13NO5. The van der Waals surface area contributed by atoms with Gasteiger partial charge in [0.25, 0.3) is 5.91 Å². The maximum absolute atomic E-state index is 11.4. The smallest absolute Gasteiger partial charge is 0.252 e. The topological polar surface area (TPSA) is 111 Å². The Balaban J connectivity index is 5.26. The summed E-state index contributed by atoms with van der Waals surface area (Å²) in [6, 6.07) is 0. The summed E-state index contributed by atoms with van der Waals surface area (Å²) < 4.78 is 0. The third-order valence-corrected chi connectivity index (χ3v) is 1.96. The standard InChI is InChI=1S/C11H13NO5/c1-3-7(13)9(15)5-6(11(12)17)10(16)8(14)4-2/h5H,3-4H2,1-2H3,(H2,12,17). The van der Waals surface area contributed by atoms with Gasteiger partial charge in [-0.25, -0.2) is 0 Å². The van der Waals surface area contributed by atoms with E-state index >= 15 is 0 Å². The van der Waals surface area contributed by atoms with Crippen LogP contribution < -0.4 is 5.73 Å². The summed E-state index contributed by atoms with van der Waals surface area (Å²) in [5.41, 5.74) is 4.13. The van der Waals surface area contributed by atoms with E-state index in [1.54, 1.807) is 0 Å². The molecule has 0 bridgehead atoms. The average Bonchev–Trinajstić information content (AvgIpc) is 2.32. The van der Waals surface area contributed by atoms with E-state index in [0.717, 1.165) is 0 Å². The Bertz CT molecular complexity index is 420. The van der Waals surface area contributed by atoms with Gasteiger partial charge in [-0.15, -0.1) is 0 Å². The Hall–Kier alpha value is -2.11. The largest absolute Gasteiger partial charge is 0.365 e. The highest BCUT2D eigenvalue weighted by Gasteiger charge is 2.23. The molecule has 0 atom stereocenters. The lowest BCUT2D eigenvalue weighted by Crippen LogP contribution is -2.27. The van der Waals surface area contributed by atoms with Crippen LogP contribution >= 0.6 is 0 Å². The zero-order valence-electron chi connectivity index (χ0n) is 9.61. The van der Waals surface area contributed by atoms with Crippen molar-refractivity contribution in [1.82, 2.24) is 0 Å².